The monoisotopic (exact) mass is 1030 g/mol. The molecule has 0 fully saturated rings. The predicted octanol–water partition coefficient (Wildman–Crippen LogP) is 14.9. The van der Waals surface area contributed by atoms with Crippen LogP contribution in [0.5, 0.6) is 0 Å². The fourth-order valence-corrected chi connectivity index (χ4v) is 9.25. The Morgan fingerprint density at radius 1 is 0.508 bits per heavy atom. The summed E-state index contributed by atoms with van der Waals surface area (Å²) in [6.45, 7) is 18.3. The molecule has 1 aliphatic heterocycles. The number of benzene rings is 7. The predicted molar refractivity (Wildman–Crippen MR) is 268 cm³/mol. The van der Waals surface area contributed by atoms with Gasteiger partial charge in [-0.05, 0) is 93.4 Å². The molecule has 0 radical (unpaired) electrons. The van der Waals surface area contributed by atoms with E-state index in [-0.39, 0.29) is 31.9 Å². The van der Waals surface area contributed by atoms with E-state index >= 15 is 0 Å². The van der Waals surface area contributed by atoms with Crippen LogP contribution in [0.4, 0.5) is 34.1 Å². The zero-order chi connectivity index (χ0) is 44.4. The van der Waals surface area contributed by atoms with Crippen LogP contribution in [-0.2, 0) is 37.3 Å². The Morgan fingerprint density at radius 2 is 1.09 bits per heavy atom. The quantitative estimate of drug-likeness (QED) is 0.142. The van der Waals surface area contributed by atoms with Crippen LogP contribution < -0.4 is 14.7 Å². The molecule has 5 nitrogen and oxygen atoms in total. The average molecular weight is 1030 g/mol. The summed E-state index contributed by atoms with van der Waals surface area (Å²) in [5, 5.41) is 2.29. The van der Waals surface area contributed by atoms with Gasteiger partial charge < -0.3 is 19.3 Å². The van der Waals surface area contributed by atoms with Crippen LogP contribution in [0.2, 0.25) is 0 Å². The summed E-state index contributed by atoms with van der Waals surface area (Å²) in [6, 6.07) is 68.7. The molecule has 0 atom stereocenters. The zero-order valence-corrected chi connectivity index (χ0v) is 40.6. The Balaban J connectivity index is 0.00000533. The molecule has 0 spiro atoms. The van der Waals surface area contributed by atoms with E-state index in [2.05, 4.69) is 263 Å². The van der Waals surface area contributed by atoms with Crippen molar-refractivity contribution < 1.29 is 21.1 Å². The molecule has 7 aromatic carbocycles. The van der Waals surface area contributed by atoms with E-state index in [0.717, 1.165) is 67.3 Å². The number of pyridine rings is 1. The van der Waals surface area contributed by atoms with Gasteiger partial charge in [-0.15, -0.1) is 48.1 Å². The van der Waals surface area contributed by atoms with Gasteiger partial charge in [-0.3, -0.25) is 0 Å². The third-order valence-corrected chi connectivity index (χ3v) is 13.1. The SMILES string of the molecule is CN(c1[c-]c(N2[CH-]N(c3cc(C(C)(C)C)cc(C(C)(C)C)c3)c3ccccc32)ccc1)c1[c-]c2c(cc1)c1ccccc1n2-c1cc(C(C)(c2ccccc2)c2ccccc2)ccn1.[Pt]. The summed E-state index contributed by atoms with van der Waals surface area (Å²) in [7, 11) is 2.10. The Labute approximate surface area is 399 Å². The van der Waals surface area contributed by atoms with Crippen molar-refractivity contribution in [3.8, 4) is 5.82 Å². The van der Waals surface area contributed by atoms with Crippen LogP contribution in [0.3, 0.4) is 0 Å². The van der Waals surface area contributed by atoms with Crippen LogP contribution in [0.15, 0.2) is 176 Å². The van der Waals surface area contributed by atoms with Gasteiger partial charge in [0, 0.05) is 62.3 Å². The summed E-state index contributed by atoms with van der Waals surface area (Å²) in [4.78, 5) is 11.8. The van der Waals surface area contributed by atoms with Gasteiger partial charge in [0.25, 0.3) is 0 Å². The summed E-state index contributed by atoms with van der Waals surface area (Å²) in [5.41, 5.74) is 14.1. The van der Waals surface area contributed by atoms with E-state index in [0.29, 0.717) is 0 Å². The van der Waals surface area contributed by atoms with Crippen LogP contribution in [-0.4, -0.2) is 16.6 Å². The summed E-state index contributed by atoms with van der Waals surface area (Å²) < 4.78 is 2.27. The smallest absolute Gasteiger partial charge is 0.135 e. The van der Waals surface area contributed by atoms with Gasteiger partial charge in [0.05, 0.1) is 0 Å². The molecule has 0 aliphatic carbocycles. The molecule has 0 amide bonds. The number of anilines is 6. The third-order valence-electron chi connectivity index (χ3n) is 13.1. The number of hydrogen-bond acceptors (Lipinski definition) is 4. The molecule has 3 heterocycles. The van der Waals surface area contributed by atoms with E-state index in [1.54, 1.807) is 0 Å². The minimum atomic E-state index is -0.412. The van der Waals surface area contributed by atoms with Crippen LogP contribution in [0.25, 0.3) is 27.6 Å². The fourth-order valence-electron chi connectivity index (χ4n) is 9.25. The maximum absolute atomic E-state index is 5.06. The average Bonchev–Trinajstić information content (AvgIpc) is 3.87. The van der Waals surface area contributed by atoms with E-state index in [4.69, 9.17) is 4.98 Å². The zero-order valence-electron chi connectivity index (χ0n) is 38.4. The number of para-hydroxylation sites is 3. The Morgan fingerprint density at radius 3 is 1.74 bits per heavy atom. The molecule has 2 aromatic heterocycles. The van der Waals surface area contributed by atoms with Gasteiger partial charge in [0.15, 0.2) is 0 Å². The van der Waals surface area contributed by atoms with Gasteiger partial charge in [-0.2, -0.15) is 12.1 Å². The second kappa shape index (κ2) is 16.9. The minimum absolute atomic E-state index is 0. The minimum Gasteiger partial charge on any atom is -0.493 e. The first-order chi connectivity index (χ1) is 30.8. The number of fused-ring (bicyclic) bond motifs is 4. The molecule has 0 saturated heterocycles. The molecule has 6 heteroatoms. The second-order valence-corrected chi connectivity index (χ2v) is 19.3. The molecule has 0 bridgehead atoms. The Hall–Kier alpha value is -6.42. The van der Waals surface area contributed by atoms with Crippen molar-refractivity contribution in [3.63, 3.8) is 0 Å². The van der Waals surface area contributed by atoms with Crippen molar-refractivity contribution in [1.29, 1.82) is 0 Å². The molecule has 10 rings (SSSR count). The molecule has 0 unspecified atom stereocenters. The third kappa shape index (κ3) is 7.84. The van der Waals surface area contributed by atoms with Crippen molar-refractivity contribution in [1.82, 2.24) is 9.55 Å². The summed E-state index contributed by atoms with van der Waals surface area (Å²) in [5.74, 6) is 0.849. The number of nitrogens with zero attached hydrogens (tertiary/aromatic N) is 5. The van der Waals surface area contributed by atoms with Crippen molar-refractivity contribution >= 4 is 55.9 Å². The number of rotatable bonds is 8. The van der Waals surface area contributed by atoms with Gasteiger partial charge in [0.1, 0.15) is 5.82 Å². The Bertz CT molecular complexity index is 3090. The second-order valence-electron chi connectivity index (χ2n) is 19.3. The van der Waals surface area contributed by atoms with Crippen LogP contribution in [0, 0.1) is 18.8 Å². The van der Waals surface area contributed by atoms with E-state index in [9.17, 15) is 0 Å². The number of hydrogen-bond donors (Lipinski definition) is 0. The molecule has 1 aliphatic rings. The topological polar surface area (TPSA) is 27.5 Å². The van der Waals surface area contributed by atoms with Gasteiger partial charge in [0.2, 0.25) is 0 Å². The molecule has 0 saturated carbocycles. The Kier molecular flexibility index (Phi) is 11.4. The van der Waals surface area contributed by atoms with E-state index < -0.39 is 5.41 Å². The molecule has 9 aromatic rings. The van der Waals surface area contributed by atoms with Crippen molar-refractivity contribution in [3.05, 3.63) is 223 Å². The summed E-state index contributed by atoms with van der Waals surface area (Å²) >= 11 is 0. The first kappa shape index (κ1) is 43.8. The fraction of sp³-hybridized carbons (Fsp3) is 0.186. The van der Waals surface area contributed by atoms with Crippen molar-refractivity contribution in [2.45, 2.75) is 64.7 Å². The first-order valence-corrected chi connectivity index (χ1v) is 22.3. The van der Waals surface area contributed by atoms with Crippen molar-refractivity contribution in [2.75, 3.05) is 21.7 Å². The number of aromatic nitrogens is 2. The maximum atomic E-state index is 5.06. The van der Waals surface area contributed by atoms with Crippen molar-refractivity contribution in [2.24, 2.45) is 0 Å². The molecule has 0 N–H and O–H groups in total. The molecular weight excluding hydrogens is 974 g/mol. The molecule has 328 valence electrons. The van der Waals surface area contributed by atoms with E-state index in [1.807, 2.05) is 6.20 Å². The van der Waals surface area contributed by atoms with Gasteiger partial charge >= 0.3 is 0 Å². The molecular formula is C59H54N5Pt-3. The van der Waals surface area contributed by atoms with Gasteiger partial charge in [-0.1, -0.05) is 155 Å². The summed E-state index contributed by atoms with van der Waals surface area (Å²) in [6.07, 6.45) is 1.95. The normalized spacial score (nSPS) is 13.0. The largest absolute Gasteiger partial charge is 0.493 e. The standard InChI is InChI=1S/C59H54N5.Pt/c1-57(2,3)44-34-45(58(4,5)6)36-49(35-44)63-40-62(53-28-17-18-29-54(53)63)48-25-19-24-46(38-48)61(8)47-30-31-51-50-26-15-16-27-52(50)64(55(51)39-47)56-37-43(32-33-60-56)59(7,41-20-11-9-12-21-41)42-22-13-10-14-23-42;/h9-37,40H,1-8H3;/q-3;. The molecule has 65 heavy (non-hydrogen) atoms. The van der Waals surface area contributed by atoms with E-state index in [1.165, 1.54) is 22.3 Å². The van der Waals surface area contributed by atoms with Crippen LogP contribution >= 0.6 is 0 Å². The van der Waals surface area contributed by atoms with Crippen LogP contribution in [0.1, 0.15) is 76.3 Å². The first-order valence-electron chi connectivity index (χ1n) is 22.3. The van der Waals surface area contributed by atoms with Gasteiger partial charge in [-0.25, -0.2) is 4.98 Å². The maximum Gasteiger partial charge on any atom is 0.135 e.